The molecule has 0 bridgehead atoms. The Morgan fingerprint density at radius 2 is 2.09 bits per heavy atom. The zero-order valence-corrected chi connectivity index (χ0v) is 14.4. The summed E-state index contributed by atoms with van der Waals surface area (Å²) < 4.78 is 5.99. The van der Waals surface area contributed by atoms with Crippen LogP contribution in [0.2, 0.25) is 5.02 Å². The Labute approximate surface area is 142 Å². The van der Waals surface area contributed by atoms with Crippen molar-refractivity contribution in [3.8, 4) is 11.3 Å². The second-order valence-corrected chi connectivity index (χ2v) is 7.25. The van der Waals surface area contributed by atoms with Crippen molar-refractivity contribution < 1.29 is 9.52 Å². The van der Waals surface area contributed by atoms with Crippen molar-refractivity contribution in [2.75, 3.05) is 19.7 Å². The van der Waals surface area contributed by atoms with Crippen LogP contribution in [-0.2, 0) is 6.54 Å². The van der Waals surface area contributed by atoms with Crippen molar-refractivity contribution in [2.45, 2.75) is 33.2 Å². The summed E-state index contributed by atoms with van der Waals surface area (Å²) in [5, 5.41) is 10.3. The van der Waals surface area contributed by atoms with Gasteiger partial charge in [0.15, 0.2) is 5.76 Å². The number of aromatic nitrogens is 1. The molecular formula is C18H23ClN2O2. The van der Waals surface area contributed by atoms with E-state index in [0.717, 1.165) is 48.8 Å². The molecule has 0 saturated carbocycles. The van der Waals surface area contributed by atoms with Crippen LogP contribution in [-0.4, -0.2) is 34.7 Å². The highest BCUT2D eigenvalue weighted by Gasteiger charge is 2.31. The molecule has 1 unspecified atom stereocenters. The SMILES string of the molecule is Cc1nc(CN2CCCC(C)(CO)C2)oc1-c1ccc(Cl)cc1. The van der Waals surface area contributed by atoms with E-state index in [4.69, 9.17) is 16.0 Å². The minimum absolute atomic E-state index is 0.0150. The molecule has 23 heavy (non-hydrogen) atoms. The zero-order chi connectivity index (χ0) is 16.4. The predicted octanol–water partition coefficient (Wildman–Crippen LogP) is 3.90. The number of oxazole rings is 1. The molecule has 1 aromatic carbocycles. The van der Waals surface area contributed by atoms with E-state index in [-0.39, 0.29) is 12.0 Å². The largest absolute Gasteiger partial charge is 0.439 e. The standard InChI is InChI=1S/C18H23ClN2O2/c1-13-17(14-4-6-15(19)7-5-14)23-16(20-13)10-21-9-3-8-18(2,11-21)12-22/h4-7,22H,3,8-12H2,1-2H3. The molecule has 1 saturated heterocycles. The quantitative estimate of drug-likeness (QED) is 0.921. The highest BCUT2D eigenvalue weighted by Crippen LogP contribution is 2.31. The van der Waals surface area contributed by atoms with Crippen molar-refractivity contribution in [1.29, 1.82) is 0 Å². The van der Waals surface area contributed by atoms with E-state index in [1.54, 1.807) is 0 Å². The fraction of sp³-hybridized carbons (Fsp3) is 0.500. The summed E-state index contributed by atoms with van der Waals surface area (Å²) in [6.07, 6.45) is 2.17. The molecular weight excluding hydrogens is 312 g/mol. The van der Waals surface area contributed by atoms with Crippen molar-refractivity contribution in [1.82, 2.24) is 9.88 Å². The van der Waals surface area contributed by atoms with Crippen LogP contribution in [0.4, 0.5) is 0 Å². The molecule has 4 nitrogen and oxygen atoms in total. The van der Waals surface area contributed by atoms with E-state index < -0.39 is 0 Å². The maximum Gasteiger partial charge on any atom is 0.209 e. The molecule has 1 N–H and O–H groups in total. The van der Waals surface area contributed by atoms with Gasteiger partial charge in [-0.1, -0.05) is 18.5 Å². The first-order chi connectivity index (χ1) is 11.0. The van der Waals surface area contributed by atoms with Crippen LogP contribution in [0.1, 0.15) is 31.4 Å². The number of aliphatic hydroxyl groups excluding tert-OH is 1. The number of likely N-dealkylation sites (tertiary alicyclic amines) is 1. The van der Waals surface area contributed by atoms with Crippen LogP contribution in [0.15, 0.2) is 28.7 Å². The van der Waals surface area contributed by atoms with Crippen molar-refractivity contribution in [3.05, 3.63) is 40.9 Å². The van der Waals surface area contributed by atoms with Crippen LogP contribution in [0, 0.1) is 12.3 Å². The Morgan fingerprint density at radius 1 is 1.35 bits per heavy atom. The number of hydrogen-bond donors (Lipinski definition) is 1. The predicted molar refractivity (Wildman–Crippen MR) is 91.4 cm³/mol. The number of piperidine rings is 1. The van der Waals surface area contributed by atoms with Crippen molar-refractivity contribution >= 4 is 11.6 Å². The number of aryl methyl sites for hydroxylation is 1. The number of nitrogens with zero attached hydrogens (tertiary/aromatic N) is 2. The van der Waals surface area contributed by atoms with Gasteiger partial charge in [-0.3, -0.25) is 4.90 Å². The van der Waals surface area contributed by atoms with E-state index in [0.29, 0.717) is 11.6 Å². The molecule has 1 fully saturated rings. The van der Waals surface area contributed by atoms with Crippen LogP contribution in [0.5, 0.6) is 0 Å². The summed E-state index contributed by atoms with van der Waals surface area (Å²) in [4.78, 5) is 6.89. The Kier molecular flexibility index (Phi) is 4.76. The highest BCUT2D eigenvalue weighted by molar-refractivity contribution is 6.30. The molecule has 5 heteroatoms. The second-order valence-electron chi connectivity index (χ2n) is 6.81. The molecule has 3 rings (SSSR count). The van der Waals surface area contributed by atoms with Gasteiger partial charge in [0.25, 0.3) is 0 Å². The first kappa shape index (κ1) is 16.5. The molecule has 0 aliphatic carbocycles. The lowest BCUT2D eigenvalue weighted by atomic mass is 9.83. The Balaban J connectivity index is 1.75. The maximum atomic E-state index is 9.58. The molecule has 124 valence electrons. The molecule has 1 aliphatic rings. The van der Waals surface area contributed by atoms with Gasteiger partial charge in [-0.15, -0.1) is 0 Å². The average Bonchev–Trinajstić information content (AvgIpc) is 2.89. The summed E-state index contributed by atoms with van der Waals surface area (Å²) >= 11 is 5.94. The van der Waals surface area contributed by atoms with Crippen LogP contribution < -0.4 is 0 Å². The van der Waals surface area contributed by atoms with E-state index in [2.05, 4.69) is 16.8 Å². The molecule has 0 amide bonds. The van der Waals surface area contributed by atoms with Gasteiger partial charge in [-0.2, -0.15) is 0 Å². The van der Waals surface area contributed by atoms with Gasteiger partial charge in [0.05, 0.1) is 12.2 Å². The minimum atomic E-state index is -0.0150. The number of benzene rings is 1. The lowest BCUT2D eigenvalue weighted by molar-refractivity contribution is 0.0392. The third-order valence-corrected chi connectivity index (χ3v) is 4.80. The first-order valence-electron chi connectivity index (χ1n) is 8.04. The number of rotatable bonds is 4. The normalized spacial score (nSPS) is 22.4. The van der Waals surface area contributed by atoms with E-state index in [1.165, 1.54) is 0 Å². The van der Waals surface area contributed by atoms with Crippen molar-refractivity contribution in [3.63, 3.8) is 0 Å². The van der Waals surface area contributed by atoms with Crippen molar-refractivity contribution in [2.24, 2.45) is 5.41 Å². The highest BCUT2D eigenvalue weighted by atomic mass is 35.5. The third-order valence-electron chi connectivity index (χ3n) is 4.55. The van der Waals surface area contributed by atoms with E-state index >= 15 is 0 Å². The van der Waals surface area contributed by atoms with E-state index in [1.807, 2.05) is 31.2 Å². The second kappa shape index (κ2) is 6.63. The lowest BCUT2D eigenvalue weighted by Crippen LogP contribution is -2.43. The summed E-state index contributed by atoms with van der Waals surface area (Å²) in [5.74, 6) is 1.54. The van der Waals surface area contributed by atoms with Gasteiger partial charge in [-0.05, 0) is 50.6 Å². The van der Waals surface area contributed by atoms with E-state index in [9.17, 15) is 5.11 Å². The monoisotopic (exact) mass is 334 g/mol. The van der Waals surface area contributed by atoms with Crippen LogP contribution in [0.25, 0.3) is 11.3 Å². The molecule has 1 aromatic heterocycles. The Bertz CT molecular complexity index is 668. The van der Waals surface area contributed by atoms with Gasteiger partial charge in [-0.25, -0.2) is 4.98 Å². The summed E-state index contributed by atoms with van der Waals surface area (Å²) in [5.41, 5.74) is 1.87. The maximum absolute atomic E-state index is 9.58. The number of hydrogen-bond acceptors (Lipinski definition) is 4. The van der Waals surface area contributed by atoms with Gasteiger partial charge in [0.2, 0.25) is 5.89 Å². The summed E-state index contributed by atoms with van der Waals surface area (Å²) in [6, 6.07) is 7.61. The molecule has 2 aromatic rings. The smallest absolute Gasteiger partial charge is 0.209 e. The number of aliphatic hydroxyl groups is 1. The van der Waals surface area contributed by atoms with Crippen LogP contribution in [0.3, 0.4) is 0 Å². The van der Waals surface area contributed by atoms with Gasteiger partial charge in [0.1, 0.15) is 0 Å². The lowest BCUT2D eigenvalue weighted by Gasteiger charge is -2.38. The van der Waals surface area contributed by atoms with Crippen LogP contribution >= 0.6 is 11.6 Å². The van der Waals surface area contributed by atoms with Gasteiger partial charge < -0.3 is 9.52 Å². The Hall–Kier alpha value is -1.36. The topological polar surface area (TPSA) is 49.5 Å². The zero-order valence-electron chi connectivity index (χ0n) is 13.7. The molecule has 2 heterocycles. The molecule has 0 radical (unpaired) electrons. The molecule has 1 aliphatic heterocycles. The van der Waals surface area contributed by atoms with Gasteiger partial charge >= 0.3 is 0 Å². The Morgan fingerprint density at radius 3 is 2.78 bits per heavy atom. The minimum Gasteiger partial charge on any atom is -0.439 e. The third kappa shape index (κ3) is 3.77. The summed E-state index contributed by atoms with van der Waals surface area (Å²) in [6.45, 7) is 6.91. The fourth-order valence-electron chi connectivity index (χ4n) is 3.27. The molecule has 0 spiro atoms. The first-order valence-corrected chi connectivity index (χ1v) is 8.42. The molecule has 1 atom stereocenters. The average molecular weight is 335 g/mol. The summed E-state index contributed by atoms with van der Waals surface area (Å²) in [7, 11) is 0. The van der Waals surface area contributed by atoms with Gasteiger partial charge in [0, 0.05) is 29.2 Å². The number of halogens is 1. The fourth-order valence-corrected chi connectivity index (χ4v) is 3.40.